The lowest BCUT2D eigenvalue weighted by Crippen LogP contribution is -2.39. The van der Waals surface area contributed by atoms with E-state index in [0.29, 0.717) is 5.56 Å². The van der Waals surface area contributed by atoms with E-state index in [1.54, 1.807) is 19.1 Å². The fourth-order valence-corrected chi connectivity index (χ4v) is 2.49. The molecule has 1 amide bonds. The average molecular weight is 365 g/mol. The van der Waals surface area contributed by atoms with Gasteiger partial charge in [0.05, 0.1) is 7.11 Å². The summed E-state index contributed by atoms with van der Waals surface area (Å²) in [5.41, 5.74) is 0.460. The largest absolute Gasteiger partial charge is 0.467 e. The first-order valence-corrected chi connectivity index (χ1v) is 6.37. The average Bonchev–Trinajstić information content (AvgIpc) is 2.26. The normalized spacial score (nSPS) is 11.8. The minimum Gasteiger partial charge on any atom is -0.467 e. The standard InChI is InChI=1S/C11H11Br2NO3/c1-6(11(16)17-2)14-10(15)7-3-8(12)5-9(13)4-7/h3-6H,1-2H3,(H,14,15)/t6-/m0/s1. The number of amides is 1. The number of rotatable bonds is 3. The van der Waals surface area contributed by atoms with Crippen molar-refractivity contribution in [1.29, 1.82) is 0 Å². The summed E-state index contributed by atoms with van der Waals surface area (Å²) < 4.78 is 6.08. The molecule has 17 heavy (non-hydrogen) atoms. The van der Waals surface area contributed by atoms with Crippen LogP contribution in [0.3, 0.4) is 0 Å². The second kappa shape index (κ2) is 6.16. The summed E-state index contributed by atoms with van der Waals surface area (Å²) in [4.78, 5) is 23.0. The fourth-order valence-electron chi connectivity index (χ4n) is 1.20. The van der Waals surface area contributed by atoms with E-state index in [0.717, 1.165) is 8.95 Å². The van der Waals surface area contributed by atoms with Crippen LogP contribution in [0.2, 0.25) is 0 Å². The van der Waals surface area contributed by atoms with Crippen molar-refractivity contribution in [2.24, 2.45) is 0 Å². The summed E-state index contributed by atoms with van der Waals surface area (Å²) in [7, 11) is 1.28. The summed E-state index contributed by atoms with van der Waals surface area (Å²) in [5, 5.41) is 2.55. The zero-order valence-corrected chi connectivity index (χ0v) is 12.5. The fraction of sp³-hybridized carbons (Fsp3) is 0.273. The molecule has 1 aromatic carbocycles. The maximum absolute atomic E-state index is 11.8. The number of benzene rings is 1. The highest BCUT2D eigenvalue weighted by Crippen LogP contribution is 2.20. The highest BCUT2D eigenvalue weighted by Gasteiger charge is 2.17. The summed E-state index contributed by atoms with van der Waals surface area (Å²) in [5.74, 6) is -0.808. The first kappa shape index (κ1) is 14.2. The minimum absolute atomic E-state index is 0.329. The Morgan fingerprint density at radius 3 is 2.24 bits per heavy atom. The number of halogens is 2. The highest BCUT2D eigenvalue weighted by atomic mass is 79.9. The lowest BCUT2D eigenvalue weighted by Gasteiger charge is -2.11. The van der Waals surface area contributed by atoms with Crippen LogP contribution in [-0.4, -0.2) is 25.0 Å². The molecule has 0 heterocycles. The van der Waals surface area contributed by atoms with Crippen molar-refractivity contribution in [2.75, 3.05) is 7.11 Å². The van der Waals surface area contributed by atoms with Gasteiger partial charge in [-0.15, -0.1) is 0 Å². The molecule has 0 fully saturated rings. The molecule has 0 saturated carbocycles. The third-order valence-electron chi connectivity index (χ3n) is 2.03. The number of carbonyl (C=O) groups is 2. The second-order valence-electron chi connectivity index (χ2n) is 3.38. The predicted octanol–water partition coefficient (Wildman–Crippen LogP) is 2.50. The molecule has 4 nitrogen and oxygen atoms in total. The van der Waals surface area contributed by atoms with Gasteiger partial charge in [0.2, 0.25) is 0 Å². The lowest BCUT2D eigenvalue weighted by molar-refractivity contribution is -0.142. The predicted molar refractivity (Wildman–Crippen MR) is 70.8 cm³/mol. The molecule has 0 unspecified atom stereocenters. The molecule has 1 N–H and O–H groups in total. The van der Waals surface area contributed by atoms with Crippen LogP contribution in [0.25, 0.3) is 0 Å². The van der Waals surface area contributed by atoms with Gasteiger partial charge in [0.1, 0.15) is 6.04 Å². The minimum atomic E-state index is -0.676. The van der Waals surface area contributed by atoms with Crippen LogP contribution >= 0.6 is 31.9 Å². The van der Waals surface area contributed by atoms with Crippen LogP contribution in [0.1, 0.15) is 17.3 Å². The third kappa shape index (κ3) is 4.12. The van der Waals surface area contributed by atoms with E-state index in [-0.39, 0.29) is 5.91 Å². The monoisotopic (exact) mass is 363 g/mol. The van der Waals surface area contributed by atoms with Gasteiger partial charge in [-0.2, -0.15) is 0 Å². The van der Waals surface area contributed by atoms with Gasteiger partial charge < -0.3 is 10.1 Å². The highest BCUT2D eigenvalue weighted by molar-refractivity contribution is 9.11. The van der Waals surface area contributed by atoms with Gasteiger partial charge in [0.15, 0.2) is 0 Å². The first-order chi connectivity index (χ1) is 7.93. The molecule has 0 radical (unpaired) electrons. The molecule has 1 rings (SSSR count). The zero-order valence-electron chi connectivity index (χ0n) is 9.29. The molecule has 92 valence electrons. The van der Waals surface area contributed by atoms with Crippen LogP contribution in [0.15, 0.2) is 27.1 Å². The van der Waals surface area contributed by atoms with Crippen molar-refractivity contribution in [2.45, 2.75) is 13.0 Å². The topological polar surface area (TPSA) is 55.4 Å². The molecule has 0 bridgehead atoms. The van der Waals surface area contributed by atoms with Gasteiger partial charge in [0.25, 0.3) is 5.91 Å². The summed E-state index contributed by atoms with van der Waals surface area (Å²) in [6.07, 6.45) is 0. The van der Waals surface area contributed by atoms with Gasteiger partial charge in [0, 0.05) is 14.5 Å². The third-order valence-corrected chi connectivity index (χ3v) is 2.94. The maximum atomic E-state index is 11.8. The molecule has 0 spiro atoms. The van der Waals surface area contributed by atoms with Crippen LogP contribution < -0.4 is 5.32 Å². The molecular weight excluding hydrogens is 354 g/mol. The van der Waals surface area contributed by atoms with Crippen molar-refractivity contribution < 1.29 is 14.3 Å². The molecule has 0 aliphatic heterocycles. The molecule has 1 atom stereocenters. The number of esters is 1. The van der Waals surface area contributed by atoms with Crippen molar-refractivity contribution in [3.8, 4) is 0 Å². The smallest absolute Gasteiger partial charge is 0.328 e. The Morgan fingerprint density at radius 1 is 1.24 bits per heavy atom. The van der Waals surface area contributed by atoms with Crippen molar-refractivity contribution in [1.82, 2.24) is 5.32 Å². The lowest BCUT2D eigenvalue weighted by atomic mass is 10.2. The van der Waals surface area contributed by atoms with E-state index in [9.17, 15) is 9.59 Å². The van der Waals surface area contributed by atoms with E-state index in [1.165, 1.54) is 7.11 Å². The number of ether oxygens (including phenoxy) is 1. The quantitative estimate of drug-likeness (QED) is 0.838. The molecular formula is C11H11Br2NO3. The van der Waals surface area contributed by atoms with E-state index >= 15 is 0 Å². The van der Waals surface area contributed by atoms with Crippen LogP contribution in [0, 0.1) is 0 Å². The summed E-state index contributed by atoms with van der Waals surface area (Å²) >= 11 is 6.58. The van der Waals surface area contributed by atoms with Gasteiger partial charge in [-0.05, 0) is 25.1 Å². The Bertz CT molecular complexity index is 428. The molecule has 0 aromatic heterocycles. The van der Waals surface area contributed by atoms with Crippen LogP contribution in [0.5, 0.6) is 0 Å². The number of nitrogens with one attached hydrogen (secondary N) is 1. The molecule has 0 aliphatic rings. The van der Waals surface area contributed by atoms with Crippen molar-refractivity contribution >= 4 is 43.7 Å². The maximum Gasteiger partial charge on any atom is 0.328 e. The van der Waals surface area contributed by atoms with E-state index in [1.807, 2.05) is 6.07 Å². The molecule has 0 saturated heterocycles. The van der Waals surface area contributed by atoms with Crippen molar-refractivity contribution in [3.05, 3.63) is 32.7 Å². The molecule has 1 aromatic rings. The van der Waals surface area contributed by atoms with E-state index in [4.69, 9.17) is 0 Å². The Morgan fingerprint density at radius 2 is 1.76 bits per heavy atom. The van der Waals surface area contributed by atoms with Gasteiger partial charge >= 0.3 is 5.97 Å². The first-order valence-electron chi connectivity index (χ1n) is 4.79. The summed E-state index contributed by atoms with van der Waals surface area (Å²) in [6.45, 7) is 1.57. The Kier molecular flexibility index (Phi) is 5.14. The number of hydrogen-bond donors (Lipinski definition) is 1. The number of carbonyl (C=O) groups excluding carboxylic acids is 2. The van der Waals surface area contributed by atoms with E-state index in [2.05, 4.69) is 41.9 Å². The van der Waals surface area contributed by atoms with Gasteiger partial charge in [-0.25, -0.2) is 4.79 Å². The van der Waals surface area contributed by atoms with Gasteiger partial charge in [-0.1, -0.05) is 31.9 Å². The molecule has 6 heteroatoms. The van der Waals surface area contributed by atoms with Crippen molar-refractivity contribution in [3.63, 3.8) is 0 Å². The molecule has 0 aliphatic carbocycles. The zero-order chi connectivity index (χ0) is 13.0. The SMILES string of the molecule is COC(=O)[C@H](C)NC(=O)c1cc(Br)cc(Br)c1. The van der Waals surface area contributed by atoms with E-state index < -0.39 is 12.0 Å². The second-order valence-corrected chi connectivity index (χ2v) is 5.21. The Hall–Kier alpha value is -0.880. The number of methoxy groups -OCH3 is 1. The van der Waals surface area contributed by atoms with Gasteiger partial charge in [-0.3, -0.25) is 4.79 Å². The van der Waals surface area contributed by atoms with Crippen LogP contribution in [0.4, 0.5) is 0 Å². The Balaban J connectivity index is 2.79. The Labute approximate surface area is 116 Å². The number of hydrogen-bond acceptors (Lipinski definition) is 3. The summed E-state index contributed by atoms with van der Waals surface area (Å²) in [6, 6.07) is 4.49. The van der Waals surface area contributed by atoms with Crippen LogP contribution in [-0.2, 0) is 9.53 Å².